The summed E-state index contributed by atoms with van der Waals surface area (Å²) in [5.41, 5.74) is 3.45. The zero-order valence-electron chi connectivity index (χ0n) is 10.9. The minimum atomic E-state index is 0.229. The maximum Gasteiger partial charge on any atom is 0.258 e. The molecule has 0 fully saturated rings. The third kappa shape index (κ3) is 3.06. The predicted octanol–water partition coefficient (Wildman–Crippen LogP) is -0.255. The standard InChI is InChI=1S/C11H12N10/c12-20-10-17-9(15-5-8-1-3-13-4-2-8)18-11(19-10)21-7-14-6-16-21/h1-4,6-7H,5,12H2,(H2,15,17,18,19,20). The van der Waals surface area contributed by atoms with Gasteiger partial charge in [0.2, 0.25) is 11.9 Å². The van der Waals surface area contributed by atoms with Crippen LogP contribution in [-0.2, 0) is 6.54 Å². The van der Waals surface area contributed by atoms with Gasteiger partial charge in [-0.15, -0.1) is 0 Å². The van der Waals surface area contributed by atoms with E-state index in [2.05, 4.69) is 40.8 Å². The molecule has 0 atom stereocenters. The molecular formula is C11H12N10. The lowest BCUT2D eigenvalue weighted by Crippen LogP contribution is -2.16. The fourth-order valence-electron chi connectivity index (χ4n) is 1.60. The van der Waals surface area contributed by atoms with E-state index in [1.165, 1.54) is 17.3 Å². The summed E-state index contributed by atoms with van der Waals surface area (Å²) in [6.07, 6.45) is 6.32. The molecule has 3 heterocycles. The van der Waals surface area contributed by atoms with Gasteiger partial charge in [-0.2, -0.15) is 24.7 Å². The van der Waals surface area contributed by atoms with Gasteiger partial charge in [0.25, 0.3) is 5.95 Å². The average molecular weight is 284 g/mol. The van der Waals surface area contributed by atoms with Crippen molar-refractivity contribution in [1.29, 1.82) is 0 Å². The highest BCUT2D eigenvalue weighted by molar-refractivity contribution is 5.37. The molecule has 4 N–H and O–H groups in total. The molecule has 0 spiro atoms. The molecule has 10 heteroatoms. The van der Waals surface area contributed by atoms with Crippen LogP contribution in [0.15, 0.2) is 37.2 Å². The third-order valence-corrected chi connectivity index (χ3v) is 2.58. The van der Waals surface area contributed by atoms with Crippen molar-refractivity contribution >= 4 is 11.9 Å². The minimum absolute atomic E-state index is 0.229. The van der Waals surface area contributed by atoms with E-state index in [1.807, 2.05) is 12.1 Å². The number of nitrogen functional groups attached to an aromatic ring is 1. The Hall–Kier alpha value is -3.14. The minimum Gasteiger partial charge on any atom is -0.350 e. The molecule has 3 aromatic heterocycles. The number of pyridine rings is 1. The Morgan fingerprint density at radius 3 is 2.57 bits per heavy atom. The summed E-state index contributed by atoms with van der Waals surface area (Å²) in [6, 6.07) is 3.79. The fraction of sp³-hybridized carbons (Fsp3) is 0.0909. The summed E-state index contributed by atoms with van der Waals surface area (Å²) in [5, 5.41) is 7.06. The van der Waals surface area contributed by atoms with E-state index >= 15 is 0 Å². The summed E-state index contributed by atoms with van der Waals surface area (Å²) in [7, 11) is 0. The van der Waals surface area contributed by atoms with Gasteiger partial charge in [-0.1, -0.05) is 0 Å². The van der Waals surface area contributed by atoms with E-state index in [0.717, 1.165) is 5.56 Å². The van der Waals surface area contributed by atoms with E-state index < -0.39 is 0 Å². The fourth-order valence-corrected chi connectivity index (χ4v) is 1.60. The first-order valence-corrected chi connectivity index (χ1v) is 6.05. The second kappa shape index (κ2) is 5.88. The summed E-state index contributed by atoms with van der Waals surface area (Å²) < 4.78 is 1.42. The largest absolute Gasteiger partial charge is 0.350 e. The quantitative estimate of drug-likeness (QED) is 0.428. The molecule has 0 saturated carbocycles. The summed E-state index contributed by atoms with van der Waals surface area (Å²) in [5.74, 6) is 6.28. The van der Waals surface area contributed by atoms with Crippen LogP contribution in [0.4, 0.5) is 11.9 Å². The first-order valence-electron chi connectivity index (χ1n) is 6.05. The molecule has 0 aliphatic carbocycles. The Morgan fingerprint density at radius 2 is 1.86 bits per heavy atom. The number of hydrogen-bond donors (Lipinski definition) is 3. The average Bonchev–Trinajstić information content (AvgIpc) is 3.08. The zero-order valence-corrected chi connectivity index (χ0v) is 10.9. The Balaban J connectivity index is 1.83. The van der Waals surface area contributed by atoms with Gasteiger partial charge in [-0.05, 0) is 17.7 Å². The molecular weight excluding hydrogens is 272 g/mol. The topological polar surface area (TPSA) is 132 Å². The molecule has 0 radical (unpaired) electrons. The van der Waals surface area contributed by atoms with Crippen LogP contribution < -0.4 is 16.6 Å². The van der Waals surface area contributed by atoms with Gasteiger partial charge in [0.15, 0.2) is 0 Å². The van der Waals surface area contributed by atoms with Gasteiger partial charge in [0.1, 0.15) is 12.7 Å². The van der Waals surface area contributed by atoms with Crippen LogP contribution in [0.1, 0.15) is 5.56 Å². The Kier molecular flexibility index (Phi) is 3.60. The molecule has 3 aromatic rings. The van der Waals surface area contributed by atoms with Gasteiger partial charge in [0, 0.05) is 18.9 Å². The van der Waals surface area contributed by atoms with E-state index in [0.29, 0.717) is 18.4 Å². The number of hydrogen-bond acceptors (Lipinski definition) is 9. The molecule has 10 nitrogen and oxygen atoms in total. The van der Waals surface area contributed by atoms with E-state index in [1.54, 1.807) is 12.4 Å². The van der Waals surface area contributed by atoms with Crippen LogP contribution in [-0.4, -0.2) is 34.7 Å². The smallest absolute Gasteiger partial charge is 0.258 e. The van der Waals surface area contributed by atoms with Gasteiger partial charge in [-0.3, -0.25) is 10.4 Å². The molecule has 21 heavy (non-hydrogen) atoms. The molecule has 106 valence electrons. The maximum absolute atomic E-state index is 5.36. The van der Waals surface area contributed by atoms with Crippen LogP contribution in [0.3, 0.4) is 0 Å². The number of aromatic nitrogens is 7. The molecule has 3 rings (SSSR count). The highest BCUT2D eigenvalue weighted by atomic mass is 15.4. The highest BCUT2D eigenvalue weighted by Gasteiger charge is 2.08. The number of nitrogens with zero attached hydrogens (tertiary/aromatic N) is 7. The first-order chi connectivity index (χ1) is 10.3. The number of nitrogens with two attached hydrogens (primary N) is 1. The second-order valence-electron chi connectivity index (χ2n) is 3.98. The normalized spacial score (nSPS) is 10.3. The van der Waals surface area contributed by atoms with Crippen molar-refractivity contribution in [2.45, 2.75) is 6.54 Å². The SMILES string of the molecule is NNc1nc(NCc2ccncc2)nc(-n2cncn2)n1. The number of nitrogens with one attached hydrogen (secondary N) is 2. The molecule has 0 aliphatic heterocycles. The summed E-state index contributed by atoms with van der Waals surface area (Å²) in [6.45, 7) is 0.549. The highest BCUT2D eigenvalue weighted by Crippen LogP contribution is 2.08. The second-order valence-corrected chi connectivity index (χ2v) is 3.98. The van der Waals surface area contributed by atoms with Crippen molar-refractivity contribution in [2.75, 3.05) is 10.7 Å². The lowest BCUT2D eigenvalue weighted by Gasteiger charge is -2.08. The summed E-state index contributed by atoms with van der Waals surface area (Å²) >= 11 is 0. The van der Waals surface area contributed by atoms with Gasteiger partial charge >= 0.3 is 0 Å². The maximum atomic E-state index is 5.36. The molecule has 0 aliphatic rings. The third-order valence-electron chi connectivity index (χ3n) is 2.58. The zero-order chi connectivity index (χ0) is 14.5. The Morgan fingerprint density at radius 1 is 1.05 bits per heavy atom. The van der Waals surface area contributed by atoms with Crippen LogP contribution in [0, 0.1) is 0 Å². The molecule has 0 amide bonds. The number of hydrazine groups is 1. The Bertz CT molecular complexity index is 696. The molecule has 0 aromatic carbocycles. The van der Waals surface area contributed by atoms with Crippen molar-refractivity contribution in [1.82, 2.24) is 34.7 Å². The predicted molar refractivity (Wildman–Crippen MR) is 74.1 cm³/mol. The van der Waals surface area contributed by atoms with Gasteiger partial charge in [0.05, 0.1) is 0 Å². The van der Waals surface area contributed by atoms with E-state index in [4.69, 9.17) is 5.84 Å². The number of rotatable bonds is 5. The summed E-state index contributed by atoms with van der Waals surface area (Å²) in [4.78, 5) is 20.3. The lowest BCUT2D eigenvalue weighted by atomic mass is 10.3. The van der Waals surface area contributed by atoms with Crippen molar-refractivity contribution in [3.05, 3.63) is 42.7 Å². The molecule has 0 saturated heterocycles. The Labute approximate surface area is 119 Å². The van der Waals surface area contributed by atoms with Crippen LogP contribution in [0.25, 0.3) is 5.95 Å². The van der Waals surface area contributed by atoms with Crippen molar-refractivity contribution in [3.63, 3.8) is 0 Å². The van der Waals surface area contributed by atoms with Crippen molar-refractivity contribution < 1.29 is 0 Å². The van der Waals surface area contributed by atoms with Crippen LogP contribution in [0.5, 0.6) is 0 Å². The first kappa shape index (κ1) is 12.9. The van der Waals surface area contributed by atoms with E-state index in [9.17, 15) is 0 Å². The van der Waals surface area contributed by atoms with E-state index in [-0.39, 0.29) is 5.95 Å². The van der Waals surface area contributed by atoms with Gasteiger partial charge < -0.3 is 5.32 Å². The molecule has 0 unspecified atom stereocenters. The lowest BCUT2D eigenvalue weighted by molar-refractivity contribution is 0.794. The van der Waals surface area contributed by atoms with Crippen molar-refractivity contribution in [3.8, 4) is 5.95 Å². The molecule has 0 bridgehead atoms. The van der Waals surface area contributed by atoms with Gasteiger partial charge in [-0.25, -0.2) is 10.8 Å². The monoisotopic (exact) mass is 284 g/mol. The van der Waals surface area contributed by atoms with Crippen LogP contribution in [0.2, 0.25) is 0 Å². The van der Waals surface area contributed by atoms with Crippen LogP contribution >= 0.6 is 0 Å². The van der Waals surface area contributed by atoms with Crippen molar-refractivity contribution in [2.24, 2.45) is 5.84 Å². The number of anilines is 2.